The molecule has 1 saturated heterocycles. The third kappa shape index (κ3) is 3.53. The molecular formula is C14H17NO2S2. The maximum Gasteiger partial charge on any atom is 0.236 e. The summed E-state index contributed by atoms with van der Waals surface area (Å²) in [6.07, 6.45) is 2.06. The Morgan fingerprint density at radius 2 is 2.47 bits per heavy atom. The third-order valence-electron chi connectivity index (χ3n) is 3.16. The number of aliphatic hydroxyl groups excluding tert-OH is 1. The van der Waals surface area contributed by atoms with Crippen molar-refractivity contribution in [1.29, 1.82) is 0 Å². The summed E-state index contributed by atoms with van der Waals surface area (Å²) >= 11 is 3.32. The van der Waals surface area contributed by atoms with E-state index in [-0.39, 0.29) is 17.3 Å². The van der Waals surface area contributed by atoms with E-state index >= 15 is 0 Å². The summed E-state index contributed by atoms with van der Waals surface area (Å²) in [5.41, 5.74) is 0.892. The van der Waals surface area contributed by atoms with Gasteiger partial charge >= 0.3 is 0 Å². The fourth-order valence-corrected chi connectivity index (χ4v) is 4.03. The van der Waals surface area contributed by atoms with Crippen LogP contribution >= 0.6 is 23.1 Å². The van der Waals surface area contributed by atoms with Crippen molar-refractivity contribution in [3.63, 3.8) is 0 Å². The van der Waals surface area contributed by atoms with Crippen LogP contribution in [0.4, 0.5) is 0 Å². The summed E-state index contributed by atoms with van der Waals surface area (Å²) < 4.78 is -0.270. The molecule has 0 aliphatic carbocycles. The van der Waals surface area contributed by atoms with Gasteiger partial charge in [-0.3, -0.25) is 4.79 Å². The molecule has 0 aromatic carbocycles. The predicted octanol–water partition coefficient (Wildman–Crippen LogP) is 1.99. The largest absolute Gasteiger partial charge is 0.384 e. The Bertz CT molecular complexity index is 507. The number of rotatable bonds is 3. The highest BCUT2D eigenvalue weighted by Crippen LogP contribution is 2.37. The molecule has 1 atom stereocenters. The lowest BCUT2D eigenvalue weighted by atomic mass is 10.0. The first-order chi connectivity index (χ1) is 9.15. The first-order valence-corrected chi connectivity index (χ1v) is 8.10. The van der Waals surface area contributed by atoms with Crippen LogP contribution in [0.2, 0.25) is 0 Å². The molecule has 1 aliphatic heterocycles. The number of carbonyl (C=O) groups is 1. The van der Waals surface area contributed by atoms with Crippen molar-refractivity contribution in [3.05, 3.63) is 21.9 Å². The lowest BCUT2D eigenvalue weighted by molar-refractivity contribution is -0.123. The van der Waals surface area contributed by atoms with Gasteiger partial charge < -0.3 is 10.4 Å². The minimum atomic E-state index is -0.270. The summed E-state index contributed by atoms with van der Waals surface area (Å²) in [7, 11) is 0. The average Bonchev–Trinajstić information content (AvgIpc) is 3.03. The van der Waals surface area contributed by atoms with Crippen LogP contribution in [0.25, 0.3) is 0 Å². The van der Waals surface area contributed by atoms with E-state index in [0.717, 1.165) is 29.0 Å². The zero-order chi connectivity index (χ0) is 13.7. The second-order valence-corrected chi connectivity index (χ2v) is 7.18. The van der Waals surface area contributed by atoms with Crippen molar-refractivity contribution in [1.82, 2.24) is 5.32 Å². The molecule has 5 heteroatoms. The van der Waals surface area contributed by atoms with Crippen LogP contribution in [0, 0.1) is 11.8 Å². The maximum atomic E-state index is 12.2. The van der Waals surface area contributed by atoms with Gasteiger partial charge in [-0.1, -0.05) is 11.8 Å². The van der Waals surface area contributed by atoms with Crippen LogP contribution < -0.4 is 5.32 Å². The normalized spacial score (nSPS) is 21.8. The molecule has 1 aliphatic rings. The van der Waals surface area contributed by atoms with E-state index in [9.17, 15) is 4.79 Å². The Balaban J connectivity index is 1.95. The molecule has 2 N–H and O–H groups in total. The summed E-state index contributed by atoms with van der Waals surface area (Å²) in [5.74, 6) is 6.72. The van der Waals surface area contributed by atoms with Crippen molar-refractivity contribution in [2.75, 3.05) is 12.4 Å². The quantitative estimate of drug-likeness (QED) is 0.839. The highest BCUT2D eigenvalue weighted by molar-refractivity contribution is 8.01. The lowest BCUT2D eigenvalue weighted by Gasteiger charge is -2.21. The topological polar surface area (TPSA) is 49.3 Å². The SMILES string of the molecule is CC1(C(=O)NCc2sccc2C#CCO)CCCS1. The minimum Gasteiger partial charge on any atom is -0.384 e. The third-order valence-corrected chi connectivity index (χ3v) is 5.60. The van der Waals surface area contributed by atoms with E-state index in [1.165, 1.54) is 0 Å². The minimum absolute atomic E-state index is 0.115. The average molecular weight is 295 g/mol. The first kappa shape index (κ1) is 14.4. The zero-order valence-corrected chi connectivity index (χ0v) is 12.5. The van der Waals surface area contributed by atoms with Gasteiger partial charge in [-0.15, -0.1) is 23.1 Å². The van der Waals surface area contributed by atoms with Gasteiger partial charge in [0.15, 0.2) is 0 Å². The van der Waals surface area contributed by atoms with Crippen molar-refractivity contribution < 1.29 is 9.90 Å². The van der Waals surface area contributed by atoms with E-state index < -0.39 is 0 Å². The van der Waals surface area contributed by atoms with Gasteiger partial charge in [0.05, 0.1) is 11.3 Å². The molecule has 0 bridgehead atoms. The Morgan fingerprint density at radius 1 is 1.63 bits per heavy atom. The van der Waals surface area contributed by atoms with Crippen molar-refractivity contribution in [2.45, 2.75) is 31.1 Å². The molecule has 2 heterocycles. The molecule has 3 nitrogen and oxygen atoms in total. The van der Waals surface area contributed by atoms with E-state index in [1.807, 2.05) is 18.4 Å². The van der Waals surface area contributed by atoms with Crippen LogP contribution in [0.15, 0.2) is 11.4 Å². The number of hydrogen-bond acceptors (Lipinski definition) is 4. The molecule has 19 heavy (non-hydrogen) atoms. The summed E-state index contributed by atoms with van der Waals surface area (Å²) in [5, 5.41) is 13.7. The van der Waals surface area contributed by atoms with E-state index in [2.05, 4.69) is 17.2 Å². The van der Waals surface area contributed by atoms with Crippen LogP contribution in [-0.4, -0.2) is 28.1 Å². The van der Waals surface area contributed by atoms with Gasteiger partial charge in [0, 0.05) is 10.4 Å². The van der Waals surface area contributed by atoms with Gasteiger partial charge in [0.2, 0.25) is 5.91 Å². The van der Waals surface area contributed by atoms with Crippen molar-refractivity contribution >= 4 is 29.0 Å². The second kappa shape index (κ2) is 6.47. The van der Waals surface area contributed by atoms with Crippen molar-refractivity contribution in [2.24, 2.45) is 0 Å². The molecular weight excluding hydrogens is 278 g/mol. The number of hydrogen-bond donors (Lipinski definition) is 2. The Morgan fingerprint density at radius 3 is 3.16 bits per heavy atom. The maximum absolute atomic E-state index is 12.2. The molecule has 2 rings (SSSR count). The Hall–Kier alpha value is -0.960. The van der Waals surface area contributed by atoms with Gasteiger partial charge in [0.25, 0.3) is 0 Å². The number of nitrogens with one attached hydrogen (secondary N) is 1. The van der Waals surface area contributed by atoms with Gasteiger partial charge in [-0.25, -0.2) is 0 Å². The number of thioether (sulfide) groups is 1. The molecule has 0 radical (unpaired) electrons. The Labute approximate surface area is 121 Å². The zero-order valence-electron chi connectivity index (χ0n) is 10.9. The van der Waals surface area contributed by atoms with E-state index in [0.29, 0.717) is 6.54 Å². The fraction of sp³-hybridized carbons (Fsp3) is 0.500. The summed E-state index contributed by atoms with van der Waals surface area (Å²) in [4.78, 5) is 13.2. The lowest BCUT2D eigenvalue weighted by Crippen LogP contribution is -2.39. The second-order valence-electron chi connectivity index (χ2n) is 4.58. The number of carbonyl (C=O) groups excluding carboxylic acids is 1. The molecule has 0 spiro atoms. The molecule has 1 fully saturated rings. The van der Waals surface area contributed by atoms with Gasteiger partial charge in [-0.05, 0) is 37.0 Å². The molecule has 102 valence electrons. The molecule has 1 aromatic rings. The summed E-state index contributed by atoms with van der Waals surface area (Å²) in [6.45, 7) is 2.39. The molecule has 1 aromatic heterocycles. The van der Waals surface area contributed by atoms with Gasteiger partial charge in [-0.2, -0.15) is 0 Å². The van der Waals surface area contributed by atoms with Crippen LogP contribution in [-0.2, 0) is 11.3 Å². The van der Waals surface area contributed by atoms with Crippen molar-refractivity contribution in [3.8, 4) is 11.8 Å². The van der Waals surface area contributed by atoms with Crippen LogP contribution in [0.5, 0.6) is 0 Å². The van der Waals surface area contributed by atoms with Crippen LogP contribution in [0.1, 0.15) is 30.2 Å². The summed E-state index contributed by atoms with van der Waals surface area (Å²) in [6, 6.07) is 1.92. The highest BCUT2D eigenvalue weighted by Gasteiger charge is 2.36. The number of aliphatic hydroxyl groups is 1. The van der Waals surface area contributed by atoms with E-state index in [1.54, 1.807) is 23.1 Å². The first-order valence-electron chi connectivity index (χ1n) is 6.24. The Kier molecular flexibility index (Phi) is 4.92. The molecule has 0 saturated carbocycles. The molecule has 1 unspecified atom stereocenters. The smallest absolute Gasteiger partial charge is 0.236 e. The van der Waals surface area contributed by atoms with E-state index in [4.69, 9.17) is 5.11 Å². The highest BCUT2D eigenvalue weighted by atomic mass is 32.2. The predicted molar refractivity (Wildman–Crippen MR) is 80.2 cm³/mol. The number of amides is 1. The molecule has 1 amide bonds. The van der Waals surface area contributed by atoms with Crippen LogP contribution in [0.3, 0.4) is 0 Å². The number of thiophene rings is 1. The monoisotopic (exact) mass is 295 g/mol. The van der Waals surface area contributed by atoms with Gasteiger partial charge in [0.1, 0.15) is 6.61 Å². The fourth-order valence-electron chi connectivity index (χ4n) is 2.03. The standard InChI is InChI=1S/C14H17NO2S2/c1-14(6-3-8-19-14)13(17)15-10-12-11(4-2-7-16)5-9-18-12/h5,9,16H,3,6-8,10H2,1H3,(H,15,17).